The van der Waals surface area contributed by atoms with Crippen LogP contribution in [0.4, 0.5) is 5.69 Å². The van der Waals surface area contributed by atoms with E-state index in [0.29, 0.717) is 5.56 Å². The Labute approximate surface area is 143 Å². The van der Waals surface area contributed by atoms with Crippen molar-refractivity contribution in [2.75, 3.05) is 0 Å². The molecule has 3 rings (SSSR count). The summed E-state index contributed by atoms with van der Waals surface area (Å²) in [5.41, 5.74) is 0.206. The van der Waals surface area contributed by atoms with Gasteiger partial charge in [0.15, 0.2) is 17.3 Å². The van der Waals surface area contributed by atoms with Gasteiger partial charge in [0.25, 0.3) is 5.69 Å². The first-order chi connectivity index (χ1) is 12.1. The molecule has 0 amide bonds. The Morgan fingerprint density at radius 1 is 0.920 bits per heavy atom. The number of nitro groups is 1. The van der Waals surface area contributed by atoms with Gasteiger partial charge in [-0.2, -0.15) is 0 Å². The van der Waals surface area contributed by atoms with Crippen molar-refractivity contribution in [2.45, 2.75) is 0 Å². The highest BCUT2D eigenvalue weighted by Gasteiger charge is 2.20. The molecule has 0 aliphatic heterocycles. The van der Waals surface area contributed by atoms with Crippen LogP contribution >= 0.6 is 0 Å². The number of non-ortho nitro benzene ring substituents is 1. The maximum Gasteiger partial charge on any atom is 0.270 e. The smallest absolute Gasteiger partial charge is 0.270 e. The van der Waals surface area contributed by atoms with Crippen molar-refractivity contribution in [1.29, 1.82) is 0 Å². The molecule has 3 aromatic carbocycles. The maximum absolute atomic E-state index is 12.8. The Bertz CT molecular complexity index is 938. The minimum atomic E-state index is -0.578. The molecule has 0 unspecified atom stereocenters. The number of ketones is 1. The van der Waals surface area contributed by atoms with Crippen LogP contribution in [-0.4, -0.2) is 15.8 Å². The van der Waals surface area contributed by atoms with Gasteiger partial charge in [-0.05, 0) is 18.2 Å². The summed E-state index contributed by atoms with van der Waals surface area (Å²) in [6.45, 7) is 0. The monoisotopic (exact) mass is 335 g/mol. The zero-order valence-corrected chi connectivity index (χ0v) is 13.0. The van der Waals surface area contributed by atoms with Crippen LogP contribution in [0.5, 0.6) is 17.2 Å². The van der Waals surface area contributed by atoms with Gasteiger partial charge in [-0.1, -0.05) is 42.5 Å². The Hall–Kier alpha value is -3.67. The van der Waals surface area contributed by atoms with Crippen LogP contribution < -0.4 is 4.74 Å². The summed E-state index contributed by atoms with van der Waals surface area (Å²) in [6.07, 6.45) is 0. The molecule has 0 aliphatic carbocycles. The predicted molar refractivity (Wildman–Crippen MR) is 91.2 cm³/mol. The van der Waals surface area contributed by atoms with Crippen LogP contribution in [0, 0.1) is 10.1 Å². The van der Waals surface area contributed by atoms with Gasteiger partial charge in [0.05, 0.1) is 10.5 Å². The third kappa shape index (κ3) is 3.48. The number of phenols is 1. The third-order valence-electron chi connectivity index (χ3n) is 3.54. The van der Waals surface area contributed by atoms with Crippen LogP contribution in [0.15, 0.2) is 72.8 Å². The number of hydrogen-bond acceptors (Lipinski definition) is 5. The van der Waals surface area contributed by atoms with Gasteiger partial charge in [-0.3, -0.25) is 14.9 Å². The molecule has 1 N–H and O–H groups in total. The number of benzene rings is 3. The minimum absolute atomic E-state index is 0.0450. The number of carbonyl (C=O) groups is 1. The van der Waals surface area contributed by atoms with E-state index in [0.717, 1.165) is 0 Å². The fourth-order valence-corrected chi connectivity index (χ4v) is 2.30. The lowest BCUT2D eigenvalue weighted by Gasteiger charge is -2.11. The number of ether oxygens (including phenoxy) is 1. The van der Waals surface area contributed by atoms with Gasteiger partial charge >= 0.3 is 0 Å². The molecule has 0 bridgehead atoms. The number of phenolic OH excluding ortho intramolecular Hbond substituents is 1. The molecule has 124 valence electrons. The van der Waals surface area contributed by atoms with Crippen LogP contribution in [-0.2, 0) is 0 Å². The number of hydrogen-bond donors (Lipinski definition) is 1. The second-order valence-corrected chi connectivity index (χ2v) is 5.20. The number of aromatic hydroxyl groups is 1. The molecular formula is C19H13NO5. The minimum Gasteiger partial charge on any atom is -0.504 e. The molecule has 0 radical (unpaired) electrons. The first-order valence-corrected chi connectivity index (χ1v) is 7.40. The summed E-state index contributed by atoms with van der Waals surface area (Å²) < 4.78 is 5.62. The van der Waals surface area contributed by atoms with E-state index in [4.69, 9.17) is 4.74 Å². The molecule has 6 nitrogen and oxygen atoms in total. The Kier molecular flexibility index (Phi) is 4.43. The molecule has 0 aromatic heterocycles. The molecule has 3 aromatic rings. The summed E-state index contributed by atoms with van der Waals surface area (Å²) >= 11 is 0. The molecule has 25 heavy (non-hydrogen) atoms. The first-order valence-electron chi connectivity index (χ1n) is 7.40. The van der Waals surface area contributed by atoms with Gasteiger partial charge in [-0.15, -0.1) is 0 Å². The summed E-state index contributed by atoms with van der Waals surface area (Å²) in [5, 5.41) is 20.9. The lowest BCUT2D eigenvalue weighted by Crippen LogP contribution is -2.04. The summed E-state index contributed by atoms with van der Waals surface area (Å²) in [7, 11) is 0. The zero-order chi connectivity index (χ0) is 17.8. The molecule has 6 heteroatoms. The van der Waals surface area contributed by atoms with Crippen molar-refractivity contribution < 1.29 is 19.6 Å². The van der Waals surface area contributed by atoms with E-state index in [2.05, 4.69) is 0 Å². The Morgan fingerprint density at radius 2 is 1.60 bits per heavy atom. The number of rotatable bonds is 5. The molecule has 0 heterocycles. The molecular weight excluding hydrogens is 322 g/mol. The van der Waals surface area contributed by atoms with Gasteiger partial charge in [-0.25, -0.2) is 0 Å². The summed E-state index contributed by atoms with van der Waals surface area (Å²) in [6, 6.07) is 18.4. The van der Waals surface area contributed by atoms with Crippen molar-refractivity contribution in [3.63, 3.8) is 0 Å². The van der Waals surface area contributed by atoms with Crippen molar-refractivity contribution in [3.05, 3.63) is 94.0 Å². The van der Waals surface area contributed by atoms with Gasteiger partial charge in [0.2, 0.25) is 0 Å². The molecule has 0 saturated carbocycles. The van der Waals surface area contributed by atoms with Crippen molar-refractivity contribution >= 4 is 11.5 Å². The lowest BCUT2D eigenvalue weighted by molar-refractivity contribution is -0.384. The van der Waals surface area contributed by atoms with Gasteiger partial charge in [0, 0.05) is 17.7 Å². The average Bonchev–Trinajstić information content (AvgIpc) is 2.64. The second kappa shape index (κ2) is 6.84. The SMILES string of the molecule is O=C(c1ccccc1)c1cc([N+](=O)[O-])ccc1Oc1ccccc1O. The van der Waals surface area contributed by atoms with E-state index in [9.17, 15) is 20.0 Å². The standard InChI is InChI=1S/C19H13NO5/c21-16-8-4-5-9-18(16)25-17-11-10-14(20(23)24)12-15(17)19(22)13-6-2-1-3-7-13/h1-12,21H. The maximum atomic E-state index is 12.8. The quantitative estimate of drug-likeness (QED) is 0.426. The van der Waals surface area contributed by atoms with Crippen molar-refractivity contribution in [2.24, 2.45) is 0 Å². The number of carbonyl (C=O) groups excluding carboxylic acids is 1. The fraction of sp³-hybridized carbons (Fsp3) is 0. The third-order valence-corrected chi connectivity index (χ3v) is 3.54. The van der Waals surface area contributed by atoms with E-state index in [1.807, 2.05) is 0 Å². The number of para-hydroxylation sites is 2. The lowest BCUT2D eigenvalue weighted by atomic mass is 10.0. The summed E-state index contributed by atoms with van der Waals surface area (Å²) in [4.78, 5) is 23.2. The van der Waals surface area contributed by atoms with Crippen molar-refractivity contribution in [1.82, 2.24) is 0 Å². The van der Waals surface area contributed by atoms with E-state index in [1.165, 1.54) is 30.3 Å². The highest BCUT2D eigenvalue weighted by molar-refractivity contribution is 6.11. The van der Waals surface area contributed by atoms with Gasteiger partial charge < -0.3 is 9.84 Å². The van der Waals surface area contributed by atoms with E-state index >= 15 is 0 Å². The predicted octanol–water partition coefficient (Wildman–Crippen LogP) is 4.32. The van der Waals surface area contributed by atoms with Crippen molar-refractivity contribution in [3.8, 4) is 17.2 Å². The molecule has 0 saturated heterocycles. The zero-order valence-electron chi connectivity index (χ0n) is 13.0. The van der Waals surface area contributed by atoms with E-state index in [-0.39, 0.29) is 28.5 Å². The Morgan fingerprint density at radius 3 is 2.28 bits per heavy atom. The van der Waals surface area contributed by atoms with Crippen LogP contribution in [0.2, 0.25) is 0 Å². The van der Waals surface area contributed by atoms with Crippen LogP contribution in [0.3, 0.4) is 0 Å². The highest BCUT2D eigenvalue weighted by atomic mass is 16.6. The van der Waals surface area contributed by atoms with E-state index in [1.54, 1.807) is 42.5 Å². The summed E-state index contributed by atoms with van der Waals surface area (Å²) in [5.74, 6) is -0.229. The first kappa shape index (κ1) is 16.2. The van der Waals surface area contributed by atoms with Crippen LogP contribution in [0.25, 0.3) is 0 Å². The highest BCUT2D eigenvalue weighted by Crippen LogP contribution is 2.34. The molecule has 0 fully saturated rings. The molecule has 0 spiro atoms. The molecule has 0 atom stereocenters. The number of nitro benzene ring substituents is 1. The average molecular weight is 335 g/mol. The second-order valence-electron chi connectivity index (χ2n) is 5.20. The van der Waals surface area contributed by atoms with Gasteiger partial charge in [0.1, 0.15) is 5.75 Å². The van der Waals surface area contributed by atoms with Crippen LogP contribution in [0.1, 0.15) is 15.9 Å². The number of nitrogens with zero attached hydrogens (tertiary/aromatic N) is 1. The largest absolute Gasteiger partial charge is 0.504 e. The van der Waals surface area contributed by atoms with E-state index < -0.39 is 10.7 Å². The normalized spacial score (nSPS) is 10.2. The Balaban J connectivity index is 2.07. The molecule has 0 aliphatic rings. The fourth-order valence-electron chi connectivity index (χ4n) is 2.30. The topological polar surface area (TPSA) is 89.7 Å².